The molecule has 4 rings (SSSR count). The van der Waals surface area contributed by atoms with E-state index in [4.69, 9.17) is 11.6 Å². The maximum Gasteiger partial charge on any atom is 0.291 e. The monoisotopic (exact) mass is 372 g/mol. The molecule has 2 aliphatic rings. The molecule has 7 heteroatoms. The predicted molar refractivity (Wildman–Crippen MR) is 99.8 cm³/mol. The lowest BCUT2D eigenvalue weighted by Gasteiger charge is -2.17. The van der Waals surface area contributed by atoms with Crippen LogP contribution < -0.4 is 10.6 Å². The fraction of sp³-hybridized carbons (Fsp3) is 0.421. The first kappa shape index (κ1) is 17.1. The fourth-order valence-electron chi connectivity index (χ4n) is 3.24. The highest BCUT2D eigenvalue weighted by molar-refractivity contribution is 6.31. The van der Waals surface area contributed by atoms with Crippen molar-refractivity contribution in [3.63, 3.8) is 0 Å². The minimum absolute atomic E-state index is 0.171. The SMILES string of the molecule is Cc1ccc(NC(=O)c2nc(C(=O)NC3CC3)c3n2CCCC3)cc1Cl. The second-order valence-electron chi connectivity index (χ2n) is 7.01. The van der Waals surface area contributed by atoms with E-state index in [1.54, 1.807) is 12.1 Å². The molecule has 0 radical (unpaired) electrons. The zero-order valence-corrected chi connectivity index (χ0v) is 15.4. The summed E-state index contributed by atoms with van der Waals surface area (Å²) in [7, 11) is 0. The molecule has 2 heterocycles. The average Bonchev–Trinajstić information content (AvgIpc) is 3.34. The Balaban J connectivity index is 1.62. The molecular formula is C19H21ClN4O2. The van der Waals surface area contributed by atoms with Crippen molar-refractivity contribution in [3.05, 3.63) is 46.0 Å². The topological polar surface area (TPSA) is 76.0 Å². The number of carbonyl (C=O) groups is 2. The molecule has 1 aromatic carbocycles. The number of benzene rings is 1. The first-order valence-corrected chi connectivity index (χ1v) is 9.38. The van der Waals surface area contributed by atoms with Gasteiger partial charge in [-0.25, -0.2) is 4.98 Å². The van der Waals surface area contributed by atoms with Crippen LogP contribution in [0.5, 0.6) is 0 Å². The Labute approximate surface area is 156 Å². The second-order valence-corrected chi connectivity index (χ2v) is 7.41. The van der Waals surface area contributed by atoms with E-state index in [0.717, 1.165) is 43.4 Å². The second kappa shape index (κ2) is 6.76. The summed E-state index contributed by atoms with van der Waals surface area (Å²) in [6.45, 7) is 2.61. The van der Waals surface area contributed by atoms with Gasteiger partial charge in [0.15, 0.2) is 5.82 Å². The molecule has 6 nitrogen and oxygen atoms in total. The highest BCUT2D eigenvalue weighted by Gasteiger charge is 2.30. The summed E-state index contributed by atoms with van der Waals surface area (Å²) < 4.78 is 1.89. The van der Waals surface area contributed by atoms with Gasteiger partial charge in [-0.3, -0.25) is 9.59 Å². The van der Waals surface area contributed by atoms with E-state index in [0.29, 0.717) is 22.9 Å². The molecule has 2 amide bonds. The molecule has 1 fully saturated rings. The van der Waals surface area contributed by atoms with Gasteiger partial charge in [0.25, 0.3) is 11.8 Å². The fourth-order valence-corrected chi connectivity index (χ4v) is 3.42. The number of carbonyl (C=O) groups excluding carboxylic acids is 2. The quantitative estimate of drug-likeness (QED) is 0.864. The molecule has 26 heavy (non-hydrogen) atoms. The highest BCUT2D eigenvalue weighted by atomic mass is 35.5. The van der Waals surface area contributed by atoms with Crippen LogP contribution in [-0.2, 0) is 13.0 Å². The number of imidazole rings is 1. The standard InChI is InChI=1S/C19H21ClN4O2/c1-11-5-6-13(10-14(11)20)22-19(26)17-23-16(18(25)21-12-7-8-12)15-4-2-3-9-24(15)17/h5-6,10,12H,2-4,7-9H2,1H3,(H,21,25)(H,22,26). The molecule has 1 aliphatic carbocycles. The number of rotatable bonds is 4. The van der Waals surface area contributed by atoms with E-state index < -0.39 is 0 Å². The third-order valence-corrected chi connectivity index (χ3v) is 5.29. The van der Waals surface area contributed by atoms with Crippen molar-refractivity contribution in [1.29, 1.82) is 0 Å². The van der Waals surface area contributed by atoms with Gasteiger partial charge in [0.05, 0.1) is 5.69 Å². The van der Waals surface area contributed by atoms with Crippen LogP contribution in [0.15, 0.2) is 18.2 Å². The average molecular weight is 373 g/mol. The Hall–Kier alpha value is -2.34. The number of amides is 2. The van der Waals surface area contributed by atoms with Crippen LogP contribution in [0.3, 0.4) is 0 Å². The Bertz CT molecular complexity index is 886. The smallest absolute Gasteiger partial charge is 0.291 e. The lowest BCUT2D eigenvalue weighted by Crippen LogP contribution is -2.27. The van der Waals surface area contributed by atoms with Gasteiger partial charge in [-0.15, -0.1) is 0 Å². The third-order valence-electron chi connectivity index (χ3n) is 4.88. The van der Waals surface area contributed by atoms with Crippen molar-refractivity contribution in [3.8, 4) is 0 Å². The summed E-state index contributed by atoms with van der Waals surface area (Å²) in [6, 6.07) is 5.64. The maximum absolute atomic E-state index is 12.8. The predicted octanol–water partition coefficient (Wildman–Crippen LogP) is 3.33. The number of hydrogen-bond acceptors (Lipinski definition) is 3. The van der Waals surface area contributed by atoms with Gasteiger partial charge >= 0.3 is 0 Å². The normalized spacial score (nSPS) is 16.1. The van der Waals surface area contributed by atoms with Crippen molar-refractivity contribution < 1.29 is 9.59 Å². The molecule has 2 N–H and O–H groups in total. The molecule has 0 bridgehead atoms. The van der Waals surface area contributed by atoms with Gasteiger partial charge < -0.3 is 15.2 Å². The molecule has 0 spiro atoms. The number of nitrogens with zero attached hydrogens (tertiary/aromatic N) is 2. The first-order chi connectivity index (χ1) is 12.5. The molecule has 1 aliphatic heterocycles. The van der Waals surface area contributed by atoms with Crippen LogP contribution in [0.25, 0.3) is 0 Å². The van der Waals surface area contributed by atoms with Crippen LogP contribution in [0.4, 0.5) is 5.69 Å². The van der Waals surface area contributed by atoms with Gasteiger partial charge in [0.2, 0.25) is 0 Å². The largest absolute Gasteiger partial charge is 0.348 e. The lowest BCUT2D eigenvalue weighted by atomic mass is 10.1. The number of hydrogen-bond donors (Lipinski definition) is 2. The van der Waals surface area contributed by atoms with Crippen LogP contribution in [0.2, 0.25) is 5.02 Å². The summed E-state index contributed by atoms with van der Waals surface area (Å²) in [6.07, 6.45) is 4.78. The van der Waals surface area contributed by atoms with Gasteiger partial charge in [0, 0.05) is 23.3 Å². The molecule has 136 valence electrons. The highest BCUT2D eigenvalue weighted by Crippen LogP contribution is 2.25. The van der Waals surface area contributed by atoms with Gasteiger partial charge in [-0.1, -0.05) is 17.7 Å². The number of halogens is 1. The van der Waals surface area contributed by atoms with Crippen LogP contribution in [0.1, 0.15) is 58.0 Å². The number of anilines is 1. The van der Waals surface area contributed by atoms with Gasteiger partial charge in [-0.05, 0) is 56.7 Å². The molecule has 2 aromatic rings. The molecule has 0 unspecified atom stereocenters. The van der Waals surface area contributed by atoms with E-state index in [2.05, 4.69) is 15.6 Å². The van der Waals surface area contributed by atoms with E-state index in [-0.39, 0.29) is 23.7 Å². The van der Waals surface area contributed by atoms with Crippen molar-refractivity contribution in [2.24, 2.45) is 0 Å². The summed E-state index contributed by atoms with van der Waals surface area (Å²) in [5, 5.41) is 6.41. The van der Waals surface area contributed by atoms with E-state index in [1.165, 1.54) is 0 Å². The molecule has 0 atom stereocenters. The van der Waals surface area contributed by atoms with Crippen molar-refractivity contribution >= 4 is 29.1 Å². The first-order valence-electron chi connectivity index (χ1n) is 9.00. The Kier molecular flexibility index (Phi) is 4.44. The van der Waals surface area contributed by atoms with Gasteiger partial charge in [-0.2, -0.15) is 0 Å². The maximum atomic E-state index is 12.8. The minimum Gasteiger partial charge on any atom is -0.348 e. The summed E-state index contributed by atoms with van der Waals surface area (Å²) in [5.74, 6) is -0.202. The summed E-state index contributed by atoms with van der Waals surface area (Å²) in [4.78, 5) is 29.7. The van der Waals surface area contributed by atoms with Crippen LogP contribution >= 0.6 is 11.6 Å². The van der Waals surface area contributed by atoms with E-state index >= 15 is 0 Å². The number of aromatic nitrogens is 2. The lowest BCUT2D eigenvalue weighted by molar-refractivity contribution is 0.0945. The van der Waals surface area contributed by atoms with Crippen molar-refractivity contribution in [2.75, 3.05) is 5.32 Å². The third kappa shape index (κ3) is 3.33. The summed E-state index contributed by atoms with van der Waals surface area (Å²) >= 11 is 6.13. The van der Waals surface area contributed by atoms with Crippen molar-refractivity contribution in [1.82, 2.24) is 14.9 Å². The van der Waals surface area contributed by atoms with Crippen LogP contribution in [-0.4, -0.2) is 27.4 Å². The molecule has 1 aromatic heterocycles. The van der Waals surface area contributed by atoms with E-state index in [9.17, 15) is 9.59 Å². The number of fused-ring (bicyclic) bond motifs is 1. The number of nitrogens with one attached hydrogen (secondary N) is 2. The van der Waals surface area contributed by atoms with Gasteiger partial charge in [0.1, 0.15) is 5.69 Å². The molecular weight excluding hydrogens is 352 g/mol. The Morgan fingerprint density at radius 3 is 2.77 bits per heavy atom. The zero-order valence-electron chi connectivity index (χ0n) is 14.6. The molecule has 1 saturated carbocycles. The van der Waals surface area contributed by atoms with Crippen LogP contribution in [0, 0.1) is 6.92 Å². The number of aryl methyl sites for hydroxylation is 1. The zero-order chi connectivity index (χ0) is 18.3. The minimum atomic E-state index is -0.321. The van der Waals surface area contributed by atoms with E-state index in [1.807, 2.05) is 17.6 Å². The Morgan fingerprint density at radius 1 is 1.23 bits per heavy atom. The summed E-state index contributed by atoms with van der Waals surface area (Å²) in [5.41, 5.74) is 2.81. The van der Waals surface area contributed by atoms with Crippen molar-refractivity contribution in [2.45, 2.75) is 51.6 Å². The Morgan fingerprint density at radius 2 is 2.04 bits per heavy atom. The molecule has 0 saturated heterocycles.